The number of hydrogen-bond acceptors (Lipinski definition) is 2. The molecule has 1 amide bonds. The van der Waals surface area contributed by atoms with Gasteiger partial charge in [-0.15, -0.1) is 6.42 Å². The van der Waals surface area contributed by atoms with Crippen LogP contribution in [0.3, 0.4) is 0 Å². The lowest BCUT2D eigenvalue weighted by Gasteiger charge is -2.04. The van der Waals surface area contributed by atoms with E-state index in [4.69, 9.17) is 11.5 Å². The molecule has 0 aliphatic heterocycles. The zero-order valence-corrected chi connectivity index (χ0v) is 8.36. The maximum absolute atomic E-state index is 10.9. The molecule has 0 heterocycles. The Morgan fingerprint density at radius 1 is 1.53 bits per heavy atom. The number of hydrogen-bond donors (Lipinski definition) is 2. The van der Waals surface area contributed by atoms with E-state index in [0.29, 0.717) is 12.1 Å². The van der Waals surface area contributed by atoms with E-state index in [0.717, 1.165) is 12.0 Å². The maximum Gasteiger partial charge on any atom is 0.300 e. The van der Waals surface area contributed by atoms with E-state index >= 15 is 0 Å². The molecule has 0 saturated carbocycles. The van der Waals surface area contributed by atoms with Crippen LogP contribution in [0.1, 0.15) is 12.0 Å². The van der Waals surface area contributed by atoms with Crippen molar-refractivity contribution in [3.05, 3.63) is 29.8 Å². The molecular weight excluding hydrogens is 190 g/mol. The van der Waals surface area contributed by atoms with E-state index in [2.05, 4.69) is 5.32 Å². The molecule has 0 aromatic heterocycles. The highest BCUT2D eigenvalue weighted by Crippen LogP contribution is 2.11. The summed E-state index contributed by atoms with van der Waals surface area (Å²) in [6, 6.07) is 7.42. The minimum atomic E-state index is -0.450. The normalized spacial score (nSPS) is 9.33. The van der Waals surface area contributed by atoms with Gasteiger partial charge >= 0.3 is 0 Å². The lowest BCUT2D eigenvalue weighted by atomic mass is 10.1. The van der Waals surface area contributed by atoms with E-state index in [1.807, 2.05) is 24.1 Å². The van der Waals surface area contributed by atoms with Gasteiger partial charge in [-0.3, -0.25) is 4.79 Å². The Bertz CT molecular complexity index is 379. The van der Waals surface area contributed by atoms with Gasteiger partial charge in [-0.1, -0.05) is 12.1 Å². The van der Waals surface area contributed by atoms with E-state index in [1.54, 1.807) is 6.07 Å². The van der Waals surface area contributed by atoms with Crippen LogP contribution in [0, 0.1) is 12.3 Å². The van der Waals surface area contributed by atoms with Crippen LogP contribution < -0.4 is 5.32 Å². The highest BCUT2D eigenvalue weighted by Gasteiger charge is 1.98. The number of anilines is 1. The van der Waals surface area contributed by atoms with Crippen molar-refractivity contribution in [3.8, 4) is 12.3 Å². The summed E-state index contributed by atoms with van der Waals surface area (Å²) < 4.78 is 0. The zero-order chi connectivity index (χ0) is 11.1. The summed E-state index contributed by atoms with van der Waals surface area (Å²) in [7, 11) is 0. The third-order valence-electron chi connectivity index (χ3n) is 1.94. The van der Waals surface area contributed by atoms with Gasteiger partial charge in [-0.25, -0.2) is 0 Å². The highest BCUT2D eigenvalue weighted by atomic mass is 16.2. The third kappa shape index (κ3) is 3.84. The molecule has 1 aromatic rings. The number of rotatable bonds is 4. The predicted octanol–water partition coefficient (Wildman–Crippen LogP) is 1.18. The molecule has 1 aromatic carbocycles. The van der Waals surface area contributed by atoms with Crippen molar-refractivity contribution in [2.45, 2.75) is 12.8 Å². The fraction of sp³-hybridized carbons (Fsp3) is 0.250. The van der Waals surface area contributed by atoms with Crippen molar-refractivity contribution in [2.24, 2.45) is 0 Å². The summed E-state index contributed by atoms with van der Waals surface area (Å²) in [5.74, 6) is 1.54. The molecule has 0 saturated heterocycles. The summed E-state index contributed by atoms with van der Waals surface area (Å²) in [4.78, 5) is 10.9. The number of terminal acetylenes is 1. The molecule has 0 aliphatic carbocycles. The van der Waals surface area contributed by atoms with Gasteiger partial charge in [0.25, 0.3) is 5.91 Å². The molecule has 0 aliphatic rings. The van der Waals surface area contributed by atoms with Crippen LogP contribution in [0.2, 0.25) is 0 Å². The van der Waals surface area contributed by atoms with Crippen molar-refractivity contribution in [1.82, 2.24) is 0 Å². The lowest BCUT2D eigenvalue weighted by Crippen LogP contribution is -2.08. The summed E-state index contributed by atoms with van der Waals surface area (Å²) >= 11 is 0. The Morgan fingerprint density at radius 2 is 2.33 bits per heavy atom. The molecular formula is C12H13NO2. The lowest BCUT2D eigenvalue weighted by molar-refractivity contribution is -0.111. The first-order valence-corrected chi connectivity index (χ1v) is 4.73. The number of aliphatic hydroxyl groups is 1. The monoisotopic (exact) mass is 203 g/mol. The quantitative estimate of drug-likeness (QED) is 0.722. The van der Waals surface area contributed by atoms with E-state index in [9.17, 15) is 4.79 Å². The molecule has 0 radical (unpaired) electrons. The molecule has 3 heteroatoms. The number of amides is 1. The van der Waals surface area contributed by atoms with Gasteiger partial charge in [0.05, 0.1) is 0 Å². The number of aryl methyl sites for hydroxylation is 1. The minimum Gasteiger partial charge on any atom is -0.396 e. The van der Waals surface area contributed by atoms with Gasteiger partial charge in [-0.2, -0.15) is 0 Å². The second-order valence-electron chi connectivity index (χ2n) is 3.13. The SMILES string of the molecule is C#CC(=O)Nc1cccc(CCCO)c1. The van der Waals surface area contributed by atoms with Crippen LogP contribution in [0.4, 0.5) is 5.69 Å². The minimum absolute atomic E-state index is 0.168. The number of carbonyl (C=O) groups excluding carboxylic acids is 1. The van der Waals surface area contributed by atoms with Gasteiger partial charge in [-0.05, 0) is 36.5 Å². The summed E-state index contributed by atoms with van der Waals surface area (Å²) in [5.41, 5.74) is 1.76. The Morgan fingerprint density at radius 3 is 3.00 bits per heavy atom. The summed E-state index contributed by atoms with van der Waals surface area (Å²) in [6.45, 7) is 0.168. The molecule has 0 fully saturated rings. The molecule has 0 spiro atoms. The van der Waals surface area contributed by atoms with Crippen molar-refractivity contribution >= 4 is 11.6 Å². The van der Waals surface area contributed by atoms with Crippen LogP contribution in [0.15, 0.2) is 24.3 Å². The van der Waals surface area contributed by atoms with Crippen molar-refractivity contribution < 1.29 is 9.90 Å². The number of benzene rings is 1. The van der Waals surface area contributed by atoms with Crippen LogP contribution in [0.5, 0.6) is 0 Å². The smallest absolute Gasteiger partial charge is 0.300 e. The molecule has 1 rings (SSSR count). The van der Waals surface area contributed by atoms with E-state index in [-0.39, 0.29) is 6.61 Å². The summed E-state index contributed by atoms with van der Waals surface area (Å²) in [6.07, 6.45) is 6.45. The number of aliphatic hydroxyl groups excluding tert-OH is 1. The largest absolute Gasteiger partial charge is 0.396 e. The first-order valence-electron chi connectivity index (χ1n) is 4.73. The average molecular weight is 203 g/mol. The van der Waals surface area contributed by atoms with Gasteiger partial charge < -0.3 is 10.4 Å². The molecule has 2 N–H and O–H groups in total. The van der Waals surface area contributed by atoms with Crippen LogP contribution in [0.25, 0.3) is 0 Å². The van der Waals surface area contributed by atoms with E-state index < -0.39 is 5.91 Å². The fourth-order valence-electron chi connectivity index (χ4n) is 1.25. The van der Waals surface area contributed by atoms with Gasteiger partial charge in [0.1, 0.15) is 0 Å². The molecule has 0 bridgehead atoms. The highest BCUT2D eigenvalue weighted by molar-refractivity contribution is 6.03. The maximum atomic E-state index is 10.9. The van der Waals surface area contributed by atoms with Crippen LogP contribution in [-0.2, 0) is 11.2 Å². The third-order valence-corrected chi connectivity index (χ3v) is 1.94. The van der Waals surface area contributed by atoms with Crippen LogP contribution >= 0.6 is 0 Å². The number of carbonyl (C=O) groups is 1. The zero-order valence-electron chi connectivity index (χ0n) is 8.36. The predicted molar refractivity (Wildman–Crippen MR) is 59.3 cm³/mol. The Hall–Kier alpha value is -1.79. The molecule has 0 unspecified atom stereocenters. The topological polar surface area (TPSA) is 49.3 Å². The Kier molecular flexibility index (Phi) is 4.39. The Balaban J connectivity index is 2.66. The first-order chi connectivity index (χ1) is 7.26. The molecule has 78 valence electrons. The van der Waals surface area contributed by atoms with Crippen molar-refractivity contribution in [1.29, 1.82) is 0 Å². The van der Waals surface area contributed by atoms with Gasteiger partial charge in [0, 0.05) is 12.3 Å². The first kappa shape index (κ1) is 11.3. The van der Waals surface area contributed by atoms with Gasteiger partial charge in [0.15, 0.2) is 0 Å². The summed E-state index contributed by atoms with van der Waals surface area (Å²) in [5, 5.41) is 11.3. The fourth-order valence-corrected chi connectivity index (χ4v) is 1.25. The Labute approximate surface area is 89.1 Å². The van der Waals surface area contributed by atoms with Crippen LogP contribution in [-0.4, -0.2) is 17.6 Å². The molecule has 15 heavy (non-hydrogen) atoms. The van der Waals surface area contributed by atoms with Crippen molar-refractivity contribution in [3.63, 3.8) is 0 Å². The van der Waals surface area contributed by atoms with E-state index in [1.165, 1.54) is 0 Å². The molecule has 0 atom stereocenters. The number of nitrogens with one attached hydrogen (secondary N) is 1. The second-order valence-corrected chi connectivity index (χ2v) is 3.13. The average Bonchev–Trinajstić information content (AvgIpc) is 2.26. The van der Waals surface area contributed by atoms with Gasteiger partial charge in [0.2, 0.25) is 0 Å². The second kappa shape index (κ2) is 5.84. The molecule has 3 nitrogen and oxygen atoms in total. The standard InChI is InChI=1S/C12H13NO2/c1-2-12(15)13-11-7-3-5-10(9-11)6-4-8-14/h1,3,5,7,9,14H,4,6,8H2,(H,13,15). The van der Waals surface area contributed by atoms with Crippen molar-refractivity contribution in [2.75, 3.05) is 11.9 Å².